The maximum Gasteiger partial charge on any atom is 0.257 e. The quantitative estimate of drug-likeness (QED) is 0.585. The molecule has 0 fully saturated rings. The summed E-state index contributed by atoms with van der Waals surface area (Å²) in [5.74, 6) is 0.800. The van der Waals surface area contributed by atoms with Gasteiger partial charge in [-0.05, 0) is 66.6 Å². The molecule has 0 saturated heterocycles. The summed E-state index contributed by atoms with van der Waals surface area (Å²) in [5.41, 5.74) is 7.78. The summed E-state index contributed by atoms with van der Waals surface area (Å²) in [4.78, 5) is 26.1. The molecule has 2 heterocycles. The maximum absolute atomic E-state index is 12.7. The van der Waals surface area contributed by atoms with Gasteiger partial charge in [0.05, 0.1) is 5.56 Å². The zero-order chi connectivity index (χ0) is 23.0. The maximum atomic E-state index is 12.7. The number of benzene rings is 1. The number of primary amides is 1. The van der Waals surface area contributed by atoms with Crippen molar-refractivity contribution in [3.8, 4) is 11.5 Å². The molecule has 2 amide bonds. The summed E-state index contributed by atoms with van der Waals surface area (Å²) >= 11 is 6.85. The molecule has 0 radical (unpaired) electrons. The van der Waals surface area contributed by atoms with Crippen molar-refractivity contribution in [3.05, 3.63) is 39.8 Å². The Hall–Kier alpha value is -2.65. The number of fused-ring (bicyclic) bond motifs is 2. The Morgan fingerprint density at radius 2 is 1.91 bits per heavy atom. The van der Waals surface area contributed by atoms with Crippen LogP contribution in [-0.4, -0.2) is 30.1 Å². The minimum atomic E-state index is -0.486. The third-order valence-electron chi connectivity index (χ3n) is 5.99. The molecule has 2 aromatic rings. The number of nitrogens with two attached hydrogens (primary N) is 1. The van der Waals surface area contributed by atoms with E-state index < -0.39 is 5.91 Å². The number of anilines is 1. The zero-order valence-electron chi connectivity index (χ0n) is 18.4. The van der Waals surface area contributed by atoms with Crippen molar-refractivity contribution in [2.24, 2.45) is 17.1 Å². The third kappa shape index (κ3) is 4.59. The fourth-order valence-electron chi connectivity index (χ4n) is 4.17. The lowest BCUT2D eigenvalue weighted by atomic mass is 9.72. The summed E-state index contributed by atoms with van der Waals surface area (Å²) in [6.07, 6.45) is 2.73. The van der Waals surface area contributed by atoms with Gasteiger partial charge in [-0.25, -0.2) is 0 Å². The van der Waals surface area contributed by atoms with Crippen molar-refractivity contribution < 1.29 is 19.1 Å². The first-order valence-corrected chi connectivity index (χ1v) is 11.8. The number of nitrogens with one attached hydrogen (secondary N) is 2. The van der Waals surface area contributed by atoms with E-state index >= 15 is 0 Å². The van der Waals surface area contributed by atoms with Crippen molar-refractivity contribution in [2.75, 3.05) is 18.5 Å². The molecule has 2 aliphatic rings. The predicted octanol–water partition coefficient (Wildman–Crippen LogP) is 3.90. The molecule has 9 heteroatoms. The number of amides is 2. The van der Waals surface area contributed by atoms with E-state index in [2.05, 4.69) is 31.4 Å². The van der Waals surface area contributed by atoms with Gasteiger partial charge in [0.15, 0.2) is 16.6 Å². The Bertz CT molecular complexity index is 1090. The highest BCUT2D eigenvalue weighted by atomic mass is 32.1. The number of thiocarbonyl (C=S) groups is 1. The van der Waals surface area contributed by atoms with E-state index in [-0.39, 0.29) is 16.4 Å². The van der Waals surface area contributed by atoms with Crippen LogP contribution < -0.4 is 25.8 Å². The van der Waals surface area contributed by atoms with Crippen LogP contribution in [-0.2, 0) is 12.8 Å². The highest BCUT2D eigenvalue weighted by Crippen LogP contribution is 2.44. The van der Waals surface area contributed by atoms with Crippen molar-refractivity contribution in [1.29, 1.82) is 0 Å². The van der Waals surface area contributed by atoms with Gasteiger partial charge in [0.25, 0.3) is 11.8 Å². The second-order valence-electron chi connectivity index (χ2n) is 9.14. The average Bonchev–Trinajstić information content (AvgIpc) is 3.09. The van der Waals surface area contributed by atoms with E-state index in [9.17, 15) is 9.59 Å². The Morgan fingerprint density at radius 1 is 1.19 bits per heavy atom. The number of thiophene rings is 1. The summed E-state index contributed by atoms with van der Waals surface area (Å²) in [6.45, 7) is 7.65. The van der Waals surface area contributed by atoms with Gasteiger partial charge in [-0.2, -0.15) is 0 Å². The first-order valence-electron chi connectivity index (χ1n) is 10.6. The summed E-state index contributed by atoms with van der Waals surface area (Å²) in [6, 6.07) is 4.97. The Balaban J connectivity index is 1.49. The van der Waals surface area contributed by atoms with Gasteiger partial charge in [0.1, 0.15) is 18.2 Å². The molecule has 1 aromatic carbocycles. The monoisotopic (exact) mass is 473 g/mol. The van der Waals surface area contributed by atoms with Gasteiger partial charge < -0.3 is 20.5 Å². The largest absolute Gasteiger partial charge is 0.486 e. The van der Waals surface area contributed by atoms with Gasteiger partial charge in [0.2, 0.25) is 0 Å². The van der Waals surface area contributed by atoms with Gasteiger partial charge in [-0.3, -0.25) is 14.9 Å². The average molecular weight is 474 g/mol. The first kappa shape index (κ1) is 22.5. The van der Waals surface area contributed by atoms with Crippen LogP contribution in [0.5, 0.6) is 11.5 Å². The lowest BCUT2D eigenvalue weighted by molar-refractivity contribution is 0.0974. The Labute approximate surface area is 196 Å². The van der Waals surface area contributed by atoms with Crippen molar-refractivity contribution in [2.45, 2.75) is 40.0 Å². The molecule has 0 spiro atoms. The zero-order valence-corrected chi connectivity index (χ0v) is 20.0. The Kier molecular flexibility index (Phi) is 6.13. The van der Waals surface area contributed by atoms with Crippen LogP contribution in [0.1, 0.15) is 58.3 Å². The van der Waals surface area contributed by atoms with Crippen LogP contribution in [0.2, 0.25) is 0 Å². The summed E-state index contributed by atoms with van der Waals surface area (Å²) in [5, 5.41) is 6.39. The first-order chi connectivity index (χ1) is 15.1. The molecule has 1 aromatic heterocycles. The highest BCUT2D eigenvalue weighted by Gasteiger charge is 2.33. The molecule has 4 N–H and O–H groups in total. The third-order valence-corrected chi connectivity index (χ3v) is 7.37. The molecule has 32 heavy (non-hydrogen) atoms. The molecule has 1 atom stereocenters. The van der Waals surface area contributed by atoms with Gasteiger partial charge >= 0.3 is 0 Å². The topological polar surface area (TPSA) is 103 Å². The standard InChI is InChI=1S/C23H27N3O4S2/c1-23(2,3)13-5-6-14-17(11-13)32-21(18(14)19(24)27)26-22(31)25-20(28)12-4-7-15-16(10-12)30-9-8-29-15/h4,7,10,13H,5-6,8-9,11H2,1-3H3,(H2,24,27)(H2,25,26,28,31)/t13-/m1/s1. The summed E-state index contributed by atoms with van der Waals surface area (Å²) in [7, 11) is 0. The van der Waals surface area contributed by atoms with Gasteiger partial charge in [-0.1, -0.05) is 20.8 Å². The second kappa shape index (κ2) is 8.71. The molecule has 4 rings (SSSR count). The minimum Gasteiger partial charge on any atom is -0.486 e. The smallest absolute Gasteiger partial charge is 0.257 e. The van der Waals surface area contributed by atoms with Crippen LogP contribution >= 0.6 is 23.6 Å². The predicted molar refractivity (Wildman–Crippen MR) is 129 cm³/mol. The number of carbonyl (C=O) groups excluding carboxylic acids is 2. The SMILES string of the molecule is CC(C)(C)[C@@H]1CCc2c(sc(NC(=S)NC(=O)c3ccc4c(c3)OCCO4)c2C(N)=O)C1. The highest BCUT2D eigenvalue weighted by molar-refractivity contribution is 7.80. The van der Waals surface area contributed by atoms with Crippen LogP contribution in [0.4, 0.5) is 5.00 Å². The number of hydrogen-bond donors (Lipinski definition) is 3. The van der Waals surface area contributed by atoms with E-state index in [4.69, 9.17) is 27.4 Å². The molecule has 1 aliphatic heterocycles. The normalized spacial score (nSPS) is 17.3. The van der Waals surface area contributed by atoms with Crippen LogP contribution in [0.15, 0.2) is 18.2 Å². The number of ether oxygens (including phenoxy) is 2. The van der Waals surface area contributed by atoms with Crippen molar-refractivity contribution in [3.63, 3.8) is 0 Å². The van der Waals surface area contributed by atoms with Crippen molar-refractivity contribution in [1.82, 2.24) is 5.32 Å². The van der Waals surface area contributed by atoms with E-state index in [0.29, 0.717) is 46.8 Å². The van der Waals surface area contributed by atoms with E-state index in [1.807, 2.05) is 0 Å². The molecule has 0 saturated carbocycles. The number of rotatable bonds is 3. The molecule has 0 unspecified atom stereocenters. The van der Waals surface area contributed by atoms with Gasteiger partial charge in [-0.15, -0.1) is 11.3 Å². The molecular weight excluding hydrogens is 446 g/mol. The molecular formula is C23H27N3O4S2. The Morgan fingerprint density at radius 3 is 2.59 bits per heavy atom. The lowest BCUT2D eigenvalue weighted by Crippen LogP contribution is -2.34. The van der Waals surface area contributed by atoms with E-state index in [1.165, 1.54) is 11.3 Å². The van der Waals surface area contributed by atoms with Crippen molar-refractivity contribution >= 4 is 45.5 Å². The molecule has 7 nitrogen and oxygen atoms in total. The van der Waals surface area contributed by atoms with Crippen LogP contribution in [0.25, 0.3) is 0 Å². The van der Waals surface area contributed by atoms with Gasteiger partial charge in [0, 0.05) is 10.4 Å². The second-order valence-corrected chi connectivity index (χ2v) is 10.7. The fraction of sp³-hybridized carbons (Fsp3) is 0.435. The van der Waals surface area contributed by atoms with Crippen LogP contribution in [0, 0.1) is 11.3 Å². The molecule has 0 bridgehead atoms. The lowest BCUT2D eigenvalue weighted by Gasteiger charge is -2.33. The number of hydrogen-bond acceptors (Lipinski definition) is 6. The van der Waals surface area contributed by atoms with Crippen LogP contribution in [0.3, 0.4) is 0 Å². The summed E-state index contributed by atoms with van der Waals surface area (Å²) < 4.78 is 11.0. The van der Waals surface area contributed by atoms with E-state index in [0.717, 1.165) is 29.7 Å². The fourth-order valence-corrected chi connectivity index (χ4v) is 5.76. The van der Waals surface area contributed by atoms with E-state index in [1.54, 1.807) is 18.2 Å². The number of carbonyl (C=O) groups is 2. The molecule has 1 aliphatic carbocycles. The minimum absolute atomic E-state index is 0.110. The molecule has 170 valence electrons.